The highest BCUT2D eigenvalue weighted by Crippen LogP contribution is 2.10. The molecule has 1 unspecified atom stereocenters. The van der Waals surface area contributed by atoms with Crippen LogP contribution >= 0.6 is 0 Å². The van der Waals surface area contributed by atoms with Gasteiger partial charge >= 0.3 is 0 Å². The van der Waals surface area contributed by atoms with Crippen LogP contribution in [-0.2, 0) is 19.2 Å². The SMILES string of the molecule is C=NC(NCCN1C(=O)CCC1=O)C(=O)CCC=O. The number of carbonyl (C=O) groups excluding carboxylic acids is 4. The average molecular weight is 267 g/mol. The molecule has 0 bridgehead atoms. The molecular weight excluding hydrogens is 250 g/mol. The van der Waals surface area contributed by atoms with Gasteiger partial charge in [0.05, 0.1) is 0 Å². The quantitative estimate of drug-likeness (QED) is 0.338. The molecule has 0 aromatic carbocycles. The molecule has 0 aromatic rings. The Morgan fingerprint density at radius 2 is 2.05 bits per heavy atom. The molecule has 104 valence electrons. The van der Waals surface area contributed by atoms with Crippen molar-refractivity contribution in [3.8, 4) is 0 Å². The number of imide groups is 1. The number of nitrogens with one attached hydrogen (secondary N) is 1. The molecule has 7 nitrogen and oxygen atoms in total. The molecule has 1 N–H and O–H groups in total. The van der Waals surface area contributed by atoms with Gasteiger partial charge in [-0.15, -0.1) is 0 Å². The molecule has 0 spiro atoms. The number of hydrogen-bond donors (Lipinski definition) is 1. The van der Waals surface area contributed by atoms with Gasteiger partial charge in [0, 0.05) is 38.8 Å². The molecular formula is C12H17N3O4. The van der Waals surface area contributed by atoms with E-state index >= 15 is 0 Å². The van der Waals surface area contributed by atoms with Gasteiger partial charge in [-0.05, 0) is 6.72 Å². The van der Waals surface area contributed by atoms with Crippen LogP contribution in [0.3, 0.4) is 0 Å². The highest BCUT2D eigenvalue weighted by Gasteiger charge is 2.28. The van der Waals surface area contributed by atoms with Crippen molar-refractivity contribution in [1.82, 2.24) is 10.2 Å². The first-order valence-corrected chi connectivity index (χ1v) is 6.09. The zero-order valence-corrected chi connectivity index (χ0v) is 10.6. The van der Waals surface area contributed by atoms with E-state index in [0.29, 0.717) is 6.29 Å². The van der Waals surface area contributed by atoms with E-state index in [0.717, 1.165) is 0 Å². The summed E-state index contributed by atoms with van der Waals surface area (Å²) < 4.78 is 0. The van der Waals surface area contributed by atoms with Gasteiger partial charge in [-0.1, -0.05) is 0 Å². The Labute approximate surface area is 111 Å². The summed E-state index contributed by atoms with van der Waals surface area (Å²) in [5.41, 5.74) is 0. The summed E-state index contributed by atoms with van der Waals surface area (Å²) in [7, 11) is 0. The summed E-state index contributed by atoms with van der Waals surface area (Å²) in [5.74, 6) is -0.620. The third-order valence-electron chi connectivity index (χ3n) is 2.82. The summed E-state index contributed by atoms with van der Waals surface area (Å²) in [4.78, 5) is 49.2. The van der Waals surface area contributed by atoms with Gasteiger partial charge < -0.3 is 4.79 Å². The van der Waals surface area contributed by atoms with Crippen molar-refractivity contribution in [1.29, 1.82) is 0 Å². The smallest absolute Gasteiger partial charge is 0.229 e. The van der Waals surface area contributed by atoms with Gasteiger partial charge in [0.15, 0.2) is 11.9 Å². The summed E-state index contributed by atoms with van der Waals surface area (Å²) in [6, 6.07) is 0. The van der Waals surface area contributed by atoms with Gasteiger partial charge in [0.1, 0.15) is 6.29 Å². The maximum absolute atomic E-state index is 11.6. The second-order valence-electron chi connectivity index (χ2n) is 4.15. The summed E-state index contributed by atoms with van der Waals surface area (Å²) in [5, 5.41) is 2.81. The number of nitrogens with zero attached hydrogens (tertiary/aromatic N) is 2. The Balaban J connectivity index is 2.35. The predicted octanol–water partition coefficient (Wildman–Crippen LogP) is -0.700. The summed E-state index contributed by atoms with van der Waals surface area (Å²) in [6.45, 7) is 3.79. The third kappa shape index (κ3) is 4.36. The lowest BCUT2D eigenvalue weighted by Gasteiger charge is -2.16. The Kier molecular flexibility index (Phi) is 6.01. The lowest BCUT2D eigenvalue weighted by atomic mass is 10.2. The molecule has 1 aliphatic rings. The number of ketones is 1. The van der Waals surface area contributed by atoms with Crippen LogP contribution in [-0.4, -0.2) is 54.8 Å². The molecule has 7 heteroatoms. The second kappa shape index (κ2) is 7.52. The van der Waals surface area contributed by atoms with E-state index in [4.69, 9.17) is 0 Å². The van der Waals surface area contributed by atoms with Crippen LogP contribution in [0.4, 0.5) is 0 Å². The van der Waals surface area contributed by atoms with Gasteiger partial charge in [-0.2, -0.15) is 0 Å². The second-order valence-corrected chi connectivity index (χ2v) is 4.15. The fraction of sp³-hybridized carbons (Fsp3) is 0.583. The maximum atomic E-state index is 11.6. The predicted molar refractivity (Wildman–Crippen MR) is 67.6 cm³/mol. The van der Waals surface area contributed by atoms with E-state index in [-0.39, 0.29) is 56.4 Å². The van der Waals surface area contributed by atoms with Crippen molar-refractivity contribution >= 4 is 30.6 Å². The number of Topliss-reactive ketones (excluding diaryl/α,β-unsaturated/α-hetero) is 1. The Hall–Kier alpha value is -1.89. The average Bonchev–Trinajstić information content (AvgIpc) is 2.72. The minimum atomic E-state index is -0.798. The van der Waals surface area contributed by atoms with Gasteiger partial charge in [0.2, 0.25) is 11.8 Å². The van der Waals surface area contributed by atoms with Crippen LogP contribution in [0.1, 0.15) is 25.7 Å². The van der Waals surface area contributed by atoms with E-state index in [2.05, 4.69) is 17.0 Å². The normalized spacial score (nSPS) is 16.5. The molecule has 1 atom stereocenters. The zero-order valence-electron chi connectivity index (χ0n) is 10.6. The van der Waals surface area contributed by atoms with Crippen LogP contribution in [0, 0.1) is 0 Å². The first-order valence-electron chi connectivity index (χ1n) is 6.09. The molecule has 19 heavy (non-hydrogen) atoms. The van der Waals surface area contributed by atoms with Gasteiger partial charge in [-0.3, -0.25) is 29.6 Å². The van der Waals surface area contributed by atoms with Gasteiger partial charge in [0.25, 0.3) is 0 Å². The largest absolute Gasteiger partial charge is 0.303 e. The van der Waals surface area contributed by atoms with E-state index < -0.39 is 6.17 Å². The zero-order chi connectivity index (χ0) is 14.3. The highest BCUT2D eigenvalue weighted by atomic mass is 16.2. The van der Waals surface area contributed by atoms with E-state index in [1.165, 1.54) is 4.90 Å². The van der Waals surface area contributed by atoms with Gasteiger partial charge in [-0.25, -0.2) is 0 Å². The highest BCUT2D eigenvalue weighted by molar-refractivity contribution is 6.01. The van der Waals surface area contributed by atoms with Crippen LogP contribution in [0.15, 0.2) is 4.99 Å². The van der Waals surface area contributed by atoms with Crippen LogP contribution in [0.2, 0.25) is 0 Å². The molecule has 1 aliphatic heterocycles. The van der Waals surface area contributed by atoms with Crippen molar-refractivity contribution in [2.75, 3.05) is 13.1 Å². The molecule has 0 saturated carbocycles. The summed E-state index contributed by atoms with van der Waals surface area (Å²) in [6.07, 6.45) is 0.616. The minimum absolute atomic E-state index is 0.0990. The topological polar surface area (TPSA) is 95.9 Å². The number of carbonyl (C=O) groups is 4. The van der Waals surface area contributed by atoms with Crippen LogP contribution in [0.5, 0.6) is 0 Å². The molecule has 0 radical (unpaired) electrons. The van der Waals surface area contributed by atoms with Crippen LogP contribution in [0.25, 0.3) is 0 Å². The molecule has 2 amide bonds. The van der Waals surface area contributed by atoms with Crippen molar-refractivity contribution < 1.29 is 19.2 Å². The van der Waals surface area contributed by atoms with Crippen molar-refractivity contribution in [3.63, 3.8) is 0 Å². The number of hydrogen-bond acceptors (Lipinski definition) is 6. The molecule has 0 aromatic heterocycles. The van der Waals surface area contributed by atoms with Crippen molar-refractivity contribution in [2.45, 2.75) is 31.8 Å². The minimum Gasteiger partial charge on any atom is -0.303 e. The fourth-order valence-electron chi connectivity index (χ4n) is 1.80. The van der Waals surface area contributed by atoms with E-state index in [1.54, 1.807) is 0 Å². The maximum Gasteiger partial charge on any atom is 0.229 e. The third-order valence-corrected chi connectivity index (χ3v) is 2.82. The Bertz CT molecular complexity index is 378. The fourth-order valence-corrected chi connectivity index (χ4v) is 1.80. The van der Waals surface area contributed by atoms with E-state index in [9.17, 15) is 19.2 Å². The first kappa shape index (κ1) is 15.2. The lowest BCUT2D eigenvalue weighted by molar-refractivity contribution is -0.138. The monoisotopic (exact) mass is 267 g/mol. The molecule has 0 aliphatic carbocycles. The van der Waals surface area contributed by atoms with Crippen molar-refractivity contribution in [2.24, 2.45) is 4.99 Å². The number of aldehydes is 1. The number of rotatable bonds is 9. The number of amides is 2. The summed E-state index contributed by atoms with van der Waals surface area (Å²) >= 11 is 0. The first-order chi connectivity index (χ1) is 9.10. The molecule has 1 rings (SSSR count). The standard InChI is InChI=1S/C12H17N3O4/c1-13-12(9(17)3-2-8-16)14-6-7-15-10(18)4-5-11(15)19/h8,12,14H,1-7H2. The number of likely N-dealkylation sites (tertiary alicyclic amines) is 1. The Morgan fingerprint density at radius 3 is 2.58 bits per heavy atom. The number of aliphatic imine (C=N–C) groups is 1. The molecule has 1 heterocycles. The molecule has 1 fully saturated rings. The molecule has 1 saturated heterocycles. The lowest BCUT2D eigenvalue weighted by Crippen LogP contribution is -2.41. The van der Waals surface area contributed by atoms with E-state index in [1.807, 2.05) is 0 Å². The Morgan fingerprint density at radius 1 is 1.42 bits per heavy atom. The van der Waals surface area contributed by atoms with Crippen LogP contribution < -0.4 is 5.32 Å². The van der Waals surface area contributed by atoms with Crippen molar-refractivity contribution in [3.05, 3.63) is 0 Å².